The van der Waals surface area contributed by atoms with Crippen LogP contribution >= 0.6 is 22.9 Å². The third kappa shape index (κ3) is 5.99. The van der Waals surface area contributed by atoms with E-state index in [4.69, 9.17) is 16.3 Å². The Balaban J connectivity index is 1.61. The number of halogens is 1. The smallest absolute Gasteiger partial charge is 0.314 e. The van der Waals surface area contributed by atoms with Gasteiger partial charge in [-0.3, -0.25) is 19.2 Å². The number of carbonyl (C=O) groups is 4. The molecule has 0 fully saturated rings. The van der Waals surface area contributed by atoms with Crippen LogP contribution in [0.2, 0.25) is 5.02 Å². The van der Waals surface area contributed by atoms with E-state index in [1.807, 2.05) is 0 Å². The van der Waals surface area contributed by atoms with Gasteiger partial charge in [-0.05, 0) is 12.1 Å². The average Bonchev–Trinajstić information content (AvgIpc) is 3.21. The quantitative estimate of drug-likeness (QED) is 0.501. The van der Waals surface area contributed by atoms with E-state index in [2.05, 4.69) is 25.9 Å². The maximum Gasteiger partial charge on any atom is 0.314 e. The molecule has 13 heteroatoms. The summed E-state index contributed by atoms with van der Waals surface area (Å²) in [5.74, 6) is -2.83. The minimum atomic E-state index is -1.10. The van der Waals surface area contributed by atoms with E-state index < -0.39 is 29.7 Å². The van der Waals surface area contributed by atoms with Crippen LogP contribution in [0.1, 0.15) is 20.4 Å². The highest BCUT2D eigenvalue weighted by Gasteiger charge is 2.27. The average molecular weight is 481 g/mol. The summed E-state index contributed by atoms with van der Waals surface area (Å²) in [7, 11) is 3.03. The molecule has 3 heterocycles. The lowest BCUT2D eigenvalue weighted by Gasteiger charge is -2.21. The highest BCUT2D eigenvalue weighted by molar-refractivity contribution is 7.13. The first-order valence-corrected chi connectivity index (χ1v) is 10.7. The van der Waals surface area contributed by atoms with Crippen LogP contribution in [0.3, 0.4) is 0 Å². The van der Waals surface area contributed by atoms with Crippen molar-refractivity contribution in [3.63, 3.8) is 0 Å². The molecule has 0 radical (unpaired) electrons. The Hall–Kier alpha value is -3.09. The number of anilines is 1. The molecule has 1 aliphatic rings. The number of likely N-dealkylation sites (N-methyl/N-ethyl adjacent to an activating group) is 1. The van der Waals surface area contributed by atoms with Crippen molar-refractivity contribution in [2.45, 2.75) is 19.1 Å². The second-order valence-electron chi connectivity index (χ2n) is 6.98. The summed E-state index contributed by atoms with van der Waals surface area (Å²) < 4.78 is 5.33. The van der Waals surface area contributed by atoms with Gasteiger partial charge < -0.3 is 25.6 Å². The molecular formula is C19H21ClN6O5S. The molecule has 3 N–H and O–H groups in total. The van der Waals surface area contributed by atoms with E-state index in [-0.39, 0.29) is 17.4 Å². The molecule has 1 aliphatic heterocycles. The maximum atomic E-state index is 12.7. The Morgan fingerprint density at radius 2 is 2.03 bits per heavy atom. The Bertz CT molecular complexity index is 1000. The van der Waals surface area contributed by atoms with Gasteiger partial charge in [0.2, 0.25) is 5.91 Å². The van der Waals surface area contributed by atoms with Gasteiger partial charge in [0.05, 0.1) is 23.9 Å². The number of fused-ring (bicyclic) bond motifs is 1. The SMILES string of the molecule is CN(C)C(=O)C(CNC(=O)C(=O)Nc1ccc(Cl)cn1)NC(=O)c1nc2c(s1)CCOC2. The molecule has 0 saturated carbocycles. The first-order chi connectivity index (χ1) is 15.2. The zero-order valence-electron chi connectivity index (χ0n) is 17.3. The number of ether oxygens (including phenoxy) is 1. The van der Waals surface area contributed by atoms with Crippen molar-refractivity contribution >= 4 is 52.4 Å². The van der Waals surface area contributed by atoms with Crippen LogP contribution in [0.15, 0.2) is 18.3 Å². The summed E-state index contributed by atoms with van der Waals surface area (Å²) in [5, 5.41) is 7.82. The predicted octanol–water partition coefficient (Wildman–Crippen LogP) is 0.206. The second kappa shape index (κ2) is 10.5. The molecule has 32 heavy (non-hydrogen) atoms. The number of nitrogens with one attached hydrogen (secondary N) is 3. The van der Waals surface area contributed by atoms with Gasteiger partial charge in [-0.15, -0.1) is 11.3 Å². The second-order valence-corrected chi connectivity index (χ2v) is 8.50. The number of amides is 4. The summed E-state index contributed by atoms with van der Waals surface area (Å²) in [6.07, 6.45) is 1.99. The minimum absolute atomic E-state index is 0.139. The zero-order chi connectivity index (χ0) is 23.3. The lowest BCUT2D eigenvalue weighted by molar-refractivity contribution is -0.136. The molecule has 2 aromatic heterocycles. The number of hydrogen-bond acceptors (Lipinski definition) is 8. The van der Waals surface area contributed by atoms with Crippen molar-refractivity contribution in [3.05, 3.63) is 38.9 Å². The Labute approximate surface area is 192 Å². The fourth-order valence-electron chi connectivity index (χ4n) is 2.75. The third-order valence-corrected chi connectivity index (χ3v) is 5.75. The lowest BCUT2D eigenvalue weighted by atomic mass is 10.2. The molecular weight excluding hydrogens is 460 g/mol. The number of aromatic nitrogens is 2. The van der Waals surface area contributed by atoms with Crippen LogP contribution in [0.5, 0.6) is 0 Å². The third-order valence-electron chi connectivity index (χ3n) is 4.37. The number of hydrogen-bond donors (Lipinski definition) is 3. The van der Waals surface area contributed by atoms with Gasteiger partial charge in [0.25, 0.3) is 5.91 Å². The standard InChI is InChI=1S/C19H21ClN6O5S/c1-26(2)19(30)11(23-17(29)18-24-12-9-31-6-5-13(12)32-18)8-22-15(27)16(28)25-14-4-3-10(20)7-21-14/h3-4,7,11H,5-6,8-9H2,1-2H3,(H,22,27)(H,23,29)(H,21,25,28). The van der Waals surface area contributed by atoms with Crippen LogP contribution in [0, 0.1) is 0 Å². The molecule has 0 aromatic carbocycles. The monoisotopic (exact) mass is 480 g/mol. The highest BCUT2D eigenvalue weighted by atomic mass is 35.5. The molecule has 0 aliphatic carbocycles. The summed E-state index contributed by atoms with van der Waals surface area (Å²) >= 11 is 6.97. The van der Waals surface area contributed by atoms with Crippen molar-refractivity contribution in [2.24, 2.45) is 0 Å². The van der Waals surface area contributed by atoms with Gasteiger partial charge in [-0.1, -0.05) is 11.6 Å². The highest BCUT2D eigenvalue weighted by Crippen LogP contribution is 2.23. The summed E-state index contributed by atoms with van der Waals surface area (Å²) in [5.41, 5.74) is 0.711. The van der Waals surface area contributed by atoms with Gasteiger partial charge in [-0.25, -0.2) is 9.97 Å². The molecule has 0 spiro atoms. The van der Waals surface area contributed by atoms with E-state index in [1.165, 1.54) is 48.7 Å². The molecule has 0 bridgehead atoms. The summed E-state index contributed by atoms with van der Waals surface area (Å²) in [6.45, 7) is 0.613. The number of nitrogens with zero attached hydrogens (tertiary/aromatic N) is 3. The first kappa shape index (κ1) is 23.6. The number of carbonyl (C=O) groups excluding carboxylic acids is 4. The molecule has 2 aromatic rings. The largest absolute Gasteiger partial charge is 0.375 e. The molecule has 4 amide bonds. The Kier molecular flexibility index (Phi) is 7.72. The molecule has 1 unspecified atom stereocenters. The number of thiazole rings is 1. The van der Waals surface area contributed by atoms with Crippen LogP contribution < -0.4 is 16.0 Å². The topological polar surface area (TPSA) is 143 Å². The number of rotatable bonds is 6. The van der Waals surface area contributed by atoms with Crippen LogP contribution in [-0.4, -0.2) is 71.8 Å². The summed E-state index contributed by atoms with van der Waals surface area (Å²) in [4.78, 5) is 59.8. The van der Waals surface area contributed by atoms with Crippen LogP contribution in [0.25, 0.3) is 0 Å². The van der Waals surface area contributed by atoms with E-state index in [9.17, 15) is 19.2 Å². The predicted molar refractivity (Wildman–Crippen MR) is 116 cm³/mol. The van der Waals surface area contributed by atoms with Gasteiger partial charge in [0.1, 0.15) is 11.9 Å². The normalized spacial score (nSPS) is 13.5. The Morgan fingerprint density at radius 1 is 1.25 bits per heavy atom. The Morgan fingerprint density at radius 3 is 2.69 bits per heavy atom. The van der Waals surface area contributed by atoms with Crippen molar-refractivity contribution in [2.75, 3.05) is 32.6 Å². The molecule has 3 rings (SSSR count). The molecule has 1 atom stereocenters. The minimum Gasteiger partial charge on any atom is -0.375 e. The van der Waals surface area contributed by atoms with E-state index in [0.29, 0.717) is 30.4 Å². The maximum absolute atomic E-state index is 12.7. The molecule has 170 valence electrons. The fourth-order valence-corrected chi connectivity index (χ4v) is 3.81. The van der Waals surface area contributed by atoms with Gasteiger partial charge in [0, 0.05) is 38.1 Å². The molecule has 11 nitrogen and oxygen atoms in total. The van der Waals surface area contributed by atoms with Crippen molar-refractivity contribution < 1.29 is 23.9 Å². The first-order valence-electron chi connectivity index (χ1n) is 9.53. The van der Waals surface area contributed by atoms with Crippen LogP contribution in [-0.2, 0) is 32.1 Å². The van der Waals surface area contributed by atoms with E-state index >= 15 is 0 Å². The van der Waals surface area contributed by atoms with Crippen molar-refractivity contribution in [1.29, 1.82) is 0 Å². The van der Waals surface area contributed by atoms with Crippen molar-refractivity contribution in [1.82, 2.24) is 25.5 Å². The fraction of sp³-hybridized carbons (Fsp3) is 0.368. The van der Waals surface area contributed by atoms with Crippen LogP contribution in [0.4, 0.5) is 5.82 Å². The summed E-state index contributed by atoms with van der Waals surface area (Å²) in [6, 6.07) is 1.84. The van der Waals surface area contributed by atoms with Gasteiger partial charge in [0.15, 0.2) is 5.01 Å². The van der Waals surface area contributed by atoms with E-state index in [1.54, 1.807) is 0 Å². The zero-order valence-corrected chi connectivity index (χ0v) is 18.9. The lowest BCUT2D eigenvalue weighted by Crippen LogP contribution is -2.53. The van der Waals surface area contributed by atoms with Gasteiger partial charge in [-0.2, -0.15) is 0 Å². The number of pyridine rings is 1. The van der Waals surface area contributed by atoms with Gasteiger partial charge >= 0.3 is 11.8 Å². The molecule has 0 saturated heterocycles. The van der Waals surface area contributed by atoms with Crippen molar-refractivity contribution in [3.8, 4) is 0 Å². The van der Waals surface area contributed by atoms with E-state index in [0.717, 1.165) is 4.88 Å².